The van der Waals surface area contributed by atoms with Crippen LogP contribution in [0, 0.1) is 5.41 Å². The molecule has 1 aromatic rings. The third kappa shape index (κ3) is 2.07. The van der Waals surface area contributed by atoms with Crippen molar-refractivity contribution in [2.45, 2.75) is 26.9 Å². The fraction of sp³-hybridized carbons (Fsp3) is 0.700. The van der Waals surface area contributed by atoms with Crippen molar-refractivity contribution < 1.29 is 9.84 Å². The van der Waals surface area contributed by atoms with E-state index in [1.165, 1.54) is 0 Å². The number of aryl methyl sites for hydroxylation is 1. The molecule has 80 valence electrons. The fourth-order valence-corrected chi connectivity index (χ4v) is 1.55. The molecule has 0 aliphatic carbocycles. The lowest BCUT2D eigenvalue weighted by atomic mass is 9.88. The number of aromatic hydroxyl groups is 1. The first-order valence-electron chi connectivity index (χ1n) is 4.61. The third-order valence-electron chi connectivity index (χ3n) is 2.16. The van der Waals surface area contributed by atoms with Gasteiger partial charge in [0.1, 0.15) is 11.9 Å². The van der Waals surface area contributed by atoms with Crippen molar-refractivity contribution in [1.82, 2.24) is 9.55 Å². The van der Waals surface area contributed by atoms with Crippen molar-refractivity contribution in [3.05, 3.63) is 12.0 Å². The Bertz CT molecular complexity index is 312. The molecule has 1 unspecified atom stereocenters. The zero-order valence-corrected chi connectivity index (χ0v) is 9.40. The summed E-state index contributed by atoms with van der Waals surface area (Å²) in [5, 5.41) is 9.26. The van der Waals surface area contributed by atoms with Gasteiger partial charge in [0.15, 0.2) is 0 Å². The maximum atomic E-state index is 9.26. The Morgan fingerprint density at radius 3 is 2.36 bits per heavy atom. The molecule has 0 fully saturated rings. The number of imidazole rings is 1. The summed E-state index contributed by atoms with van der Waals surface area (Å²) in [5.74, 6) is 0.784. The van der Waals surface area contributed by atoms with Crippen LogP contribution in [0.5, 0.6) is 5.88 Å². The van der Waals surface area contributed by atoms with E-state index in [1.807, 2.05) is 7.05 Å². The van der Waals surface area contributed by atoms with Gasteiger partial charge in [0.25, 0.3) is 0 Å². The van der Waals surface area contributed by atoms with Gasteiger partial charge < -0.3 is 14.4 Å². The first kappa shape index (κ1) is 11.0. The summed E-state index contributed by atoms with van der Waals surface area (Å²) in [7, 11) is 3.50. The molecule has 1 rings (SSSR count). The van der Waals surface area contributed by atoms with Crippen LogP contribution in [0.25, 0.3) is 0 Å². The molecular formula is C10H18N2O2. The van der Waals surface area contributed by atoms with Gasteiger partial charge in [0.05, 0.1) is 6.20 Å². The summed E-state index contributed by atoms with van der Waals surface area (Å²) in [6, 6.07) is 0. The molecule has 4 nitrogen and oxygen atoms in total. The molecule has 0 spiro atoms. The van der Waals surface area contributed by atoms with E-state index in [9.17, 15) is 5.11 Å². The maximum absolute atomic E-state index is 9.26. The van der Waals surface area contributed by atoms with Gasteiger partial charge in [-0.2, -0.15) is 4.98 Å². The predicted octanol–water partition coefficient (Wildman–Crippen LogP) is 1.86. The average molecular weight is 198 g/mol. The number of hydrogen-bond donors (Lipinski definition) is 1. The first-order chi connectivity index (χ1) is 6.36. The number of methoxy groups -OCH3 is 1. The molecule has 0 radical (unpaired) electrons. The first-order valence-corrected chi connectivity index (χ1v) is 4.61. The SMILES string of the molecule is COC(c1nc(O)cn1C)C(C)(C)C. The van der Waals surface area contributed by atoms with Crippen molar-refractivity contribution in [3.63, 3.8) is 0 Å². The van der Waals surface area contributed by atoms with Gasteiger partial charge in [0.2, 0.25) is 5.88 Å². The highest BCUT2D eigenvalue weighted by atomic mass is 16.5. The molecule has 0 aliphatic rings. The van der Waals surface area contributed by atoms with Crippen LogP contribution in [0.3, 0.4) is 0 Å². The lowest BCUT2D eigenvalue weighted by molar-refractivity contribution is 0.00667. The average Bonchev–Trinajstić information content (AvgIpc) is 2.29. The van der Waals surface area contributed by atoms with Gasteiger partial charge in [-0.3, -0.25) is 0 Å². The van der Waals surface area contributed by atoms with Crippen molar-refractivity contribution >= 4 is 0 Å². The van der Waals surface area contributed by atoms with Crippen LogP contribution in [-0.4, -0.2) is 21.8 Å². The topological polar surface area (TPSA) is 47.3 Å². The minimum atomic E-state index is -0.117. The highest BCUT2D eigenvalue weighted by Crippen LogP contribution is 2.35. The van der Waals surface area contributed by atoms with Crippen molar-refractivity contribution in [2.24, 2.45) is 12.5 Å². The summed E-state index contributed by atoms with van der Waals surface area (Å²) < 4.78 is 7.19. The van der Waals surface area contributed by atoms with E-state index < -0.39 is 0 Å². The zero-order valence-electron chi connectivity index (χ0n) is 9.40. The van der Waals surface area contributed by atoms with Gasteiger partial charge in [0, 0.05) is 14.2 Å². The van der Waals surface area contributed by atoms with Gasteiger partial charge >= 0.3 is 0 Å². The van der Waals surface area contributed by atoms with E-state index in [0.717, 1.165) is 5.82 Å². The van der Waals surface area contributed by atoms with E-state index in [-0.39, 0.29) is 17.4 Å². The standard InChI is InChI=1S/C10H18N2O2/c1-10(2,3)8(14-5)9-11-7(13)6-12(9)4/h6,8,13H,1-5H3. The van der Waals surface area contributed by atoms with Crippen LogP contribution in [0.4, 0.5) is 0 Å². The highest BCUT2D eigenvalue weighted by Gasteiger charge is 2.29. The Morgan fingerprint density at radius 2 is 2.07 bits per heavy atom. The predicted molar refractivity (Wildman–Crippen MR) is 54.1 cm³/mol. The summed E-state index contributed by atoms with van der Waals surface area (Å²) in [6.07, 6.45) is 1.46. The molecule has 1 N–H and O–H groups in total. The number of hydrogen-bond acceptors (Lipinski definition) is 3. The minimum absolute atomic E-state index is 0.0359. The van der Waals surface area contributed by atoms with Crippen LogP contribution < -0.4 is 0 Å². The lowest BCUT2D eigenvalue weighted by Gasteiger charge is -2.28. The largest absolute Gasteiger partial charge is 0.492 e. The summed E-state index contributed by atoms with van der Waals surface area (Å²) >= 11 is 0. The molecular weight excluding hydrogens is 180 g/mol. The highest BCUT2D eigenvalue weighted by molar-refractivity contribution is 5.11. The number of ether oxygens (including phenoxy) is 1. The quantitative estimate of drug-likeness (QED) is 0.789. The normalized spacial score (nSPS) is 14.4. The smallest absolute Gasteiger partial charge is 0.229 e. The molecule has 0 saturated heterocycles. The number of aromatic nitrogens is 2. The fourth-order valence-electron chi connectivity index (χ4n) is 1.55. The molecule has 1 heterocycles. The van der Waals surface area contributed by atoms with Crippen LogP contribution in [0.1, 0.15) is 32.7 Å². The van der Waals surface area contributed by atoms with Gasteiger partial charge in [-0.25, -0.2) is 0 Å². The third-order valence-corrected chi connectivity index (χ3v) is 2.16. The monoisotopic (exact) mass is 198 g/mol. The Balaban J connectivity index is 3.07. The second kappa shape index (κ2) is 3.61. The van der Waals surface area contributed by atoms with E-state index in [2.05, 4.69) is 25.8 Å². The van der Waals surface area contributed by atoms with E-state index in [4.69, 9.17) is 4.74 Å². The Hall–Kier alpha value is -1.03. The minimum Gasteiger partial charge on any atom is -0.492 e. The second-order valence-electron chi connectivity index (χ2n) is 4.55. The second-order valence-corrected chi connectivity index (χ2v) is 4.55. The van der Waals surface area contributed by atoms with E-state index in [0.29, 0.717) is 0 Å². The lowest BCUT2D eigenvalue weighted by Crippen LogP contribution is -2.23. The van der Waals surface area contributed by atoms with Crippen molar-refractivity contribution in [3.8, 4) is 5.88 Å². The van der Waals surface area contributed by atoms with Gasteiger partial charge in [-0.1, -0.05) is 20.8 Å². The molecule has 1 atom stereocenters. The van der Waals surface area contributed by atoms with Gasteiger partial charge in [-0.15, -0.1) is 0 Å². The molecule has 0 bridgehead atoms. The maximum Gasteiger partial charge on any atom is 0.229 e. The van der Waals surface area contributed by atoms with E-state index >= 15 is 0 Å². The number of nitrogens with zero attached hydrogens (tertiary/aromatic N) is 2. The Kier molecular flexibility index (Phi) is 2.85. The molecule has 0 aliphatic heterocycles. The molecule has 14 heavy (non-hydrogen) atoms. The number of rotatable bonds is 2. The van der Waals surface area contributed by atoms with Crippen LogP contribution >= 0.6 is 0 Å². The molecule has 0 amide bonds. The van der Waals surface area contributed by atoms with Crippen molar-refractivity contribution in [1.29, 1.82) is 0 Å². The molecule has 4 heteroatoms. The molecule has 0 saturated carbocycles. The van der Waals surface area contributed by atoms with Crippen LogP contribution in [0.15, 0.2) is 6.20 Å². The molecule has 1 aromatic heterocycles. The summed E-state index contributed by atoms with van der Waals surface area (Å²) in [6.45, 7) is 6.23. The van der Waals surface area contributed by atoms with Crippen LogP contribution in [-0.2, 0) is 11.8 Å². The Labute approximate surface area is 84.5 Å². The van der Waals surface area contributed by atoms with E-state index in [1.54, 1.807) is 17.9 Å². The van der Waals surface area contributed by atoms with Crippen molar-refractivity contribution in [2.75, 3.05) is 7.11 Å². The summed E-state index contributed by atoms with van der Waals surface area (Å²) in [4.78, 5) is 4.04. The van der Waals surface area contributed by atoms with Gasteiger partial charge in [-0.05, 0) is 5.41 Å². The zero-order chi connectivity index (χ0) is 10.9. The Morgan fingerprint density at radius 1 is 1.50 bits per heavy atom. The summed E-state index contributed by atoms with van der Waals surface area (Å²) in [5.41, 5.74) is -0.0414. The van der Waals surface area contributed by atoms with Crippen LogP contribution in [0.2, 0.25) is 0 Å². The molecule has 0 aromatic carbocycles.